The minimum absolute atomic E-state index is 0.554. The van der Waals surface area contributed by atoms with Crippen molar-refractivity contribution in [2.45, 2.75) is 18.8 Å². The van der Waals surface area contributed by atoms with Crippen molar-refractivity contribution in [3.63, 3.8) is 0 Å². The second kappa shape index (κ2) is 5.62. The molecule has 0 spiro atoms. The van der Waals surface area contributed by atoms with Gasteiger partial charge in [0.1, 0.15) is 21.5 Å². The monoisotopic (exact) mass is 442 g/mol. The molecule has 2 aromatic heterocycles. The number of methoxy groups -OCH3 is 1. The van der Waals surface area contributed by atoms with Gasteiger partial charge in [0.25, 0.3) is 0 Å². The van der Waals surface area contributed by atoms with E-state index in [0.717, 1.165) is 25.2 Å². The third kappa shape index (κ3) is 2.49. The summed E-state index contributed by atoms with van der Waals surface area (Å²) in [6.07, 6.45) is 2.52. The first-order valence-electron chi connectivity index (χ1n) is 6.96. The van der Waals surface area contributed by atoms with Crippen molar-refractivity contribution in [3.05, 3.63) is 37.9 Å². The minimum Gasteiger partial charge on any atom is -0.495 e. The smallest absolute Gasteiger partial charge is 0.142 e. The lowest BCUT2D eigenvalue weighted by atomic mass is 10.2. The average molecular weight is 443 g/mol. The molecule has 0 bridgehead atoms. The van der Waals surface area contributed by atoms with Gasteiger partial charge in [-0.2, -0.15) is 0 Å². The number of aromatic nitrogens is 2. The van der Waals surface area contributed by atoms with Gasteiger partial charge in [0, 0.05) is 20.3 Å². The molecule has 4 rings (SSSR count). The second-order valence-electron chi connectivity index (χ2n) is 5.32. The molecule has 0 atom stereocenters. The van der Waals surface area contributed by atoms with Gasteiger partial charge < -0.3 is 4.74 Å². The van der Waals surface area contributed by atoms with Crippen molar-refractivity contribution in [2.24, 2.45) is 0 Å². The molecule has 112 valence electrons. The van der Waals surface area contributed by atoms with Crippen LogP contribution in [0.2, 0.25) is 5.02 Å². The summed E-state index contributed by atoms with van der Waals surface area (Å²) in [4.78, 5) is 9.48. The summed E-state index contributed by atoms with van der Waals surface area (Å²) in [6.45, 7) is 0. The molecular formula is C16H12ClIN2OS. The van der Waals surface area contributed by atoms with Gasteiger partial charge in [-0.3, -0.25) is 0 Å². The van der Waals surface area contributed by atoms with Gasteiger partial charge in [0.05, 0.1) is 18.3 Å². The Kier molecular flexibility index (Phi) is 3.74. The summed E-state index contributed by atoms with van der Waals surface area (Å²) in [5.74, 6) is 1.31. The molecule has 1 aliphatic carbocycles. The first-order valence-corrected chi connectivity index (χ1v) is 9.29. The molecule has 0 saturated heterocycles. The standard InChI is InChI=1S/C16H12ClIN2OS/c1-21-13-5-4-9-10(18)6-11(19-15(9)14(13)17)16-20-12(7-22-16)8-2-3-8/h4-8H,2-3H2,1H3. The van der Waals surface area contributed by atoms with Gasteiger partial charge in [-0.1, -0.05) is 11.6 Å². The molecule has 3 aromatic rings. The van der Waals surface area contributed by atoms with Crippen LogP contribution in [0.1, 0.15) is 24.5 Å². The SMILES string of the molecule is COc1ccc2c(I)cc(-c3nc(C4CC4)cs3)nc2c1Cl. The molecule has 1 saturated carbocycles. The molecular weight excluding hydrogens is 431 g/mol. The molecule has 0 radical (unpaired) electrons. The van der Waals surface area contributed by atoms with E-state index in [2.05, 4.69) is 34.0 Å². The third-order valence-corrected chi connectivity index (χ3v) is 5.93. The number of rotatable bonds is 3. The number of ether oxygens (including phenoxy) is 1. The second-order valence-corrected chi connectivity index (χ2v) is 7.72. The number of nitrogens with zero attached hydrogens (tertiary/aromatic N) is 2. The molecule has 1 fully saturated rings. The predicted octanol–water partition coefficient (Wildman–Crippen LogP) is 5.50. The number of hydrogen-bond acceptors (Lipinski definition) is 4. The zero-order valence-electron chi connectivity index (χ0n) is 11.8. The summed E-state index contributed by atoms with van der Waals surface area (Å²) in [7, 11) is 1.62. The van der Waals surface area contributed by atoms with Crippen LogP contribution in [0.15, 0.2) is 23.6 Å². The highest BCUT2D eigenvalue weighted by atomic mass is 127. The van der Waals surface area contributed by atoms with Crippen molar-refractivity contribution in [1.29, 1.82) is 0 Å². The molecule has 22 heavy (non-hydrogen) atoms. The zero-order chi connectivity index (χ0) is 15.3. The lowest BCUT2D eigenvalue weighted by Crippen LogP contribution is -1.92. The van der Waals surface area contributed by atoms with Crippen molar-refractivity contribution in [2.75, 3.05) is 7.11 Å². The number of benzene rings is 1. The van der Waals surface area contributed by atoms with Crippen molar-refractivity contribution < 1.29 is 4.74 Å². The van der Waals surface area contributed by atoms with Crippen LogP contribution in [0.5, 0.6) is 5.75 Å². The number of hydrogen-bond donors (Lipinski definition) is 0. The van der Waals surface area contributed by atoms with E-state index < -0.39 is 0 Å². The molecule has 0 unspecified atom stereocenters. The van der Waals surface area contributed by atoms with E-state index in [1.54, 1.807) is 18.4 Å². The van der Waals surface area contributed by atoms with Crippen molar-refractivity contribution in [1.82, 2.24) is 9.97 Å². The Morgan fingerprint density at radius 1 is 1.32 bits per heavy atom. The topological polar surface area (TPSA) is 35.0 Å². The van der Waals surface area contributed by atoms with Crippen LogP contribution in [0.3, 0.4) is 0 Å². The van der Waals surface area contributed by atoms with Gasteiger partial charge >= 0.3 is 0 Å². The Labute approximate surface area is 150 Å². The molecule has 1 aliphatic rings. The van der Waals surface area contributed by atoms with Gasteiger partial charge in [0.15, 0.2) is 0 Å². The fourth-order valence-corrected chi connectivity index (χ4v) is 4.31. The largest absolute Gasteiger partial charge is 0.495 e. The van der Waals surface area contributed by atoms with Gasteiger partial charge in [-0.05, 0) is 53.6 Å². The van der Waals surface area contributed by atoms with Crippen molar-refractivity contribution >= 4 is 56.4 Å². The quantitative estimate of drug-likeness (QED) is 0.502. The van der Waals surface area contributed by atoms with E-state index >= 15 is 0 Å². The molecule has 0 amide bonds. The highest BCUT2D eigenvalue weighted by Gasteiger charge is 2.26. The maximum atomic E-state index is 6.43. The van der Waals surface area contributed by atoms with E-state index in [0.29, 0.717) is 16.7 Å². The van der Waals surface area contributed by atoms with E-state index in [-0.39, 0.29) is 0 Å². The van der Waals surface area contributed by atoms with Gasteiger partial charge in [-0.25, -0.2) is 9.97 Å². The van der Waals surface area contributed by atoms with Crippen molar-refractivity contribution in [3.8, 4) is 16.5 Å². The van der Waals surface area contributed by atoms with E-state index in [9.17, 15) is 0 Å². The van der Waals surface area contributed by atoms with Crippen LogP contribution in [0.4, 0.5) is 0 Å². The van der Waals surface area contributed by atoms with Crippen LogP contribution in [-0.4, -0.2) is 17.1 Å². The molecule has 2 heterocycles. The molecule has 0 aliphatic heterocycles. The Morgan fingerprint density at radius 2 is 2.14 bits per heavy atom. The van der Waals surface area contributed by atoms with Crippen LogP contribution in [0.25, 0.3) is 21.6 Å². The molecule has 3 nitrogen and oxygen atoms in total. The number of thiazole rings is 1. The lowest BCUT2D eigenvalue weighted by molar-refractivity contribution is 0.415. The van der Waals surface area contributed by atoms with Crippen LogP contribution < -0.4 is 4.74 Å². The van der Waals surface area contributed by atoms with E-state index in [4.69, 9.17) is 26.3 Å². The summed E-state index contributed by atoms with van der Waals surface area (Å²) >= 11 is 10.4. The lowest BCUT2D eigenvalue weighted by Gasteiger charge is -2.08. The Morgan fingerprint density at radius 3 is 2.86 bits per heavy atom. The van der Waals surface area contributed by atoms with Crippen LogP contribution in [-0.2, 0) is 0 Å². The maximum Gasteiger partial charge on any atom is 0.142 e. The maximum absolute atomic E-state index is 6.43. The minimum atomic E-state index is 0.554. The molecule has 0 N–H and O–H groups in total. The van der Waals surface area contributed by atoms with Gasteiger partial charge in [-0.15, -0.1) is 11.3 Å². The number of pyridine rings is 1. The fourth-order valence-electron chi connectivity index (χ4n) is 2.44. The highest BCUT2D eigenvalue weighted by Crippen LogP contribution is 2.42. The van der Waals surface area contributed by atoms with Crippen LogP contribution >= 0.6 is 45.5 Å². The Bertz CT molecular complexity index is 876. The predicted molar refractivity (Wildman–Crippen MR) is 99.1 cm³/mol. The summed E-state index contributed by atoms with van der Waals surface area (Å²) in [6, 6.07) is 5.94. The first-order chi connectivity index (χ1) is 10.7. The number of fused-ring (bicyclic) bond motifs is 1. The molecule has 6 heteroatoms. The Balaban J connectivity index is 1.88. The molecule has 1 aromatic carbocycles. The average Bonchev–Trinajstić information content (AvgIpc) is 3.25. The Hall–Kier alpha value is -0.920. The zero-order valence-corrected chi connectivity index (χ0v) is 15.5. The van der Waals surface area contributed by atoms with E-state index in [1.165, 1.54) is 18.5 Å². The summed E-state index contributed by atoms with van der Waals surface area (Å²) in [5.41, 5.74) is 2.85. The summed E-state index contributed by atoms with van der Waals surface area (Å²) < 4.78 is 6.41. The normalized spacial score (nSPS) is 14.5. The highest BCUT2D eigenvalue weighted by molar-refractivity contribution is 14.1. The number of halogens is 2. The fraction of sp³-hybridized carbons (Fsp3) is 0.250. The first kappa shape index (κ1) is 14.7. The van der Waals surface area contributed by atoms with Crippen LogP contribution in [0, 0.1) is 3.57 Å². The summed E-state index contributed by atoms with van der Waals surface area (Å²) in [5, 5.41) is 4.70. The van der Waals surface area contributed by atoms with Gasteiger partial charge in [0.2, 0.25) is 0 Å². The third-order valence-electron chi connectivity index (χ3n) is 3.79. The van der Waals surface area contributed by atoms with E-state index in [1.807, 2.05) is 12.1 Å².